The molecule has 2 atom stereocenters. The zero-order valence-corrected chi connectivity index (χ0v) is 13.0. The molecule has 2 N–H and O–H groups in total. The van der Waals surface area contributed by atoms with Crippen LogP contribution in [-0.4, -0.2) is 35.5 Å². The van der Waals surface area contributed by atoms with Crippen LogP contribution in [0.1, 0.15) is 43.5 Å². The first-order valence-corrected chi connectivity index (χ1v) is 8.45. The Labute approximate surface area is 128 Å². The van der Waals surface area contributed by atoms with Gasteiger partial charge >= 0.3 is 6.03 Å². The lowest BCUT2D eigenvalue weighted by Gasteiger charge is -2.19. The Kier molecular flexibility index (Phi) is 4.14. The van der Waals surface area contributed by atoms with E-state index in [0.717, 1.165) is 24.1 Å². The molecule has 0 radical (unpaired) electrons. The molecule has 1 aliphatic carbocycles. The normalized spacial score (nSPS) is 23.2. The van der Waals surface area contributed by atoms with Gasteiger partial charge in [0, 0.05) is 23.9 Å². The van der Waals surface area contributed by atoms with Crippen LogP contribution < -0.4 is 10.6 Å². The Morgan fingerprint density at radius 1 is 1.52 bits per heavy atom. The summed E-state index contributed by atoms with van der Waals surface area (Å²) in [4.78, 5) is 27.1. The maximum Gasteiger partial charge on any atom is 0.315 e. The van der Waals surface area contributed by atoms with E-state index < -0.39 is 0 Å². The van der Waals surface area contributed by atoms with E-state index in [9.17, 15) is 9.59 Å². The highest BCUT2D eigenvalue weighted by atomic mass is 32.1. The third-order valence-corrected chi connectivity index (χ3v) is 5.07. The molecule has 2 fully saturated rings. The second-order valence-corrected chi connectivity index (χ2v) is 6.75. The second kappa shape index (κ2) is 6.05. The highest BCUT2D eigenvalue weighted by Gasteiger charge is 2.39. The van der Waals surface area contributed by atoms with Gasteiger partial charge in [0.15, 0.2) is 0 Å². The summed E-state index contributed by atoms with van der Waals surface area (Å²) in [6.45, 7) is 2.71. The molecule has 114 valence electrons. The van der Waals surface area contributed by atoms with Crippen molar-refractivity contribution in [1.29, 1.82) is 0 Å². The summed E-state index contributed by atoms with van der Waals surface area (Å²) in [7, 11) is 0. The highest BCUT2D eigenvalue weighted by Crippen LogP contribution is 2.30. The average Bonchev–Trinajstić information content (AvgIpc) is 3.02. The van der Waals surface area contributed by atoms with Crippen LogP contribution in [0.5, 0.6) is 0 Å². The zero-order valence-electron chi connectivity index (χ0n) is 12.2. The van der Waals surface area contributed by atoms with Crippen molar-refractivity contribution in [3.8, 4) is 0 Å². The van der Waals surface area contributed by atoms with Crippen LogP contribution in [-0.2, 0) is 4.79 Å². The molecule has 0 aromatic carbocycles. The molecule has 1 aromatic rings. The van der Waals surface area contributed by atoms with Gasteiger partial charge in [-0.3, -0.25) is 4.79 Å². The zero-order chi connectivity index (χ0) is 14.8. The van der Waals surface area contributed by atoms with Crippen molar-refractivity contribution < 1.29 is 9.59 Å². The molecule has 1 aromatic heterocycles. The number of hydrogen-bond donors (Lipinski definition) is 2. The topological polar surface area (TPSA) is 61.4 Å². The Morgan fingerprint density at radius 3 is 2.95 bits per heavy atom. The van der Waals surface area contributed by atoms with Crippen molar-refractivity contribution in [2.24, 2.45) is 0 Å². The van der Waals surface area contributed by atoms with Gasteiger partial charge in [0.05, 0.1) is 12.1 Å². The summed E-state index contributed by atoms with van der Waals surface area (Å²) in [6.07, 6.45) is 3.51. The van der Waals surface area contributed by atoms with E-state index in [0.29, 0.717) is 19.0 Å². The summed E-state index contributed by atoms with van der Waals surface area (Å²) in [5.74, 6) is 0.174. The lowest BCUT2D eigenvalue weighted by atomic mass is 10.2. The fourth-order valence-corrected chi connectivity index (χ4v) is 3.68. The highest BCUT2D eigenvalue weighted by molar-refractivity contribution is 7.10. The van der Waals surface area contributed by atoms with Gasteiger partial charge in [0.25, 0.3) is 0 Å². The van der Waals surface area contributed by atoms with Crippen LogP contribution in [0.3, 0.4) is 0 Å². The Hall–Kier alpha value is -1.56. The molecule has 0 unspecified atom stereocenters. The first-order valence-electron chi connectivity index (χ1n) is 7.57. The number of nitrogens with one attached hydrogen (secondary N) is 2. The van der Waals surface area contributed by atoms with Gasteiger partial charge in [0.2, 0.25) is 5.91 Å². The number of carbonyl (C=O) groups excluding carboxylic acids is 2. The van der Waals surface area contributed by atoms with Gasteiger partial charge in [-0.1, -0.05) is 13.0 Å². The lowest BCUT2D eigenvalue weighted by Crippen LogP contribution is -2.44. The van der Waals surface area contributed by atoms with Crippen LogP contribution in [0.4, 0.5) is 4.79 Å². The molecule has 1 saturated heterocycles. The van der Waals surface area contributed by atoms with Crippen molar-refractivity contribution in [3.63, 3.8) is 0 Å². The smallest absolute Gasteiger partial charge is 0.315 e. The molecule has 3 amide bonds. The van der Waals surface area contributed by atoms with Crippen LogP contribution in [0, 0.1) is 0 Å². The first kappa shape index (κ1) is 14.4. The van der Waals surface area contributed by atoms with Gasteiger partial charge in [-0.25, -0.2) is 4.79 Å². The quantitative estimate of drug-likeness (QED) is 0.876. The van der Waals surface area contributed by atoms with E-state index >= 15 is 0 Å². The Balaban J connectivity index is 1.51. The average molecular weight is 307 g/mol. The van der Waals surface area contributed by atoms with Gasteiger partial charge in [-0.15, -0.1) is 11.3 Å². The standard InChI is InChI=1S/C15H21N3O2S/c1-2-12(13-4-3-7-21-13)17-15(20)16-10-8-14(19)18(9-10)11-5-6-11/h3-4,7,10-12H,2,5-6,8-9H2,1H3,(H2,16,17,20)/t10-,12+/m0/s1. The van der Waals surface area contributed by atoms with Crippen molar-refractivity contribution in [1.82, 2.24) is 15.5 Å². The Morgan fingerprint density at radius 2 is 2.33 bits per heavy atom. The fourth-order valence-electron chi connectivity index (χ4n) is 2.82. The third-order valence-electron chi connectivity index (χ3n) is 4.08. The number of urea groups is 1. The molecule has 2 heterocycles. The van der Waals surface area contributed by atoms with Crippen LogP contribution in [0.25, 0.3) is 0 Å². The van der Waals surface area contributed by atoms with E-state index in [1.165, 1.54) is 0 Å². The molecular formula is C15H21N3O2S. The van der Waals surface area contributed by atoms with Gasteiger partial charge in [-0.2, -0.15) is 0 Å². The van der Waals surface area contributed by atoms with Crippen molar-refractivity contribution in [2.75, 3.05) is 6.54 Å². The van der Waals surface area contributed by atoms with Crippen LogP contribution in [0.15, 0.2) is 17.5 Å². The molecule has 0 spiro atoms. The van der Waals surface area contributed by atoms with E-state index in [1.54, 1.807) is 11.3 Å². The first-order chi connectivity index (χ1) is 10.2. The molecule has 3 rings (SSSR count). The molecular weight excluding hydrogens is 286 g/mol. The summed E-state index contributed by atoms with van der Waals surface area (Å²) in [5, 5.41) is 7.96. The predicted molar refractivity (Wildman–Crippen MR) is 82.2 cm³/mol. The summed E-state index contributed by atoms with van der Waals surface area (Å²) < 4.78 is 0. The molecule has 2 aliphatic rings. The number of rotatable bonds is 5. The minimum atomic E-state index is -0.175. The van der Waals surface area contributed by atoms with E-state index in [-0.39, 0.29) is 24.0 Å². The molecule has 1 aliphatic heterocycles. The largest absolute Gasteiger partial charge is 0.338 e. The Bertz CT molecular complexity index is 513. The van der Waals surface area contributed by atoms with Crippen molar-refractivity contribution >= 4 is 23.3 Å². The van der Waals surface area contributed by atoms with Crippen LogP contribution >= 0.6 is 11.3 Å². The number of nitrogens with zero attached hydrogens (tertiary/aromatic N) is 1. The minimum Gasteiger partial charge on any atom is -0.338 e. The van der Waals surface area contributed by atoms with Crippen molar-refractivity contribution in [2.45, 2.75) is 50.7 Å². The fraction of sp³-hybridized carbons (Fsp3) is 0.600. The molecule has 6 heteroatoms. The minimum absolute atomic E-state index is 0.0432. The second-order valence-electron chi connectivity index (χ2n) is 5.77. The van der Waals surface area contributed by atoms with Crippen LogP contribution in [0.2, 0.25) is 0 Å². The number of hydrogen-bond acceptors (Lipinski definition) is 3. The summed E-state index contributed by atoms with van der Waals surface area (Å²) in [6, 6.07) is 4.27. The van der Waals surface area contributed by atoms with Crippen molar-refractivity contribution in [3.05, 3.63) is 22.4 Å². The van der Waals surface area contributed by atoms with E-state index in [2.05, 4.69) is 17.6 Å². The number of likely N-dealkylation sites (tertiary alicyclic amines) is 1. The van der Waals surface area contributed by atoms with Gasteiger partial charge in [-0.05, 0) is 30.7 Å². The molecule has 0 bridgehead atoms. The summed E-state index contributed by atoms with van der Waals surface area (Å²) in [5.41, 5.74) is 0. The predicted octanol–water partition coefficient (Wildman–Crippen LogP) is 2.26. The molecule has 21 heavy (non-hydrogen) atoms. The monoisotopic (exact) mass is 307 g/mol. The summed E-state index contributed by atoms with van der Waals surface area (Å²) >= 11 is 1.65. The van der Waals surface area contributed by atoms with E-state index in [1.807, 2.05) is 22.4 Å². The lowest BCUT2D eigenvalue weighted by molar-refractivity contribution is -0.128. The van der Waals surface area contributed by atoms with E-state index in [4.69, 9.17) is 0 Å². The third kappa shape index (κ3) is 3.37. The molecule has 5 nitrogen and oxygen atoms in total. The number of carbonyl (C=O) groups is 2. The van der Waals surface area contributed by atoms with Gasteiger partial charge in [0.1, 0.15) is 0 Å². The number of thiophene rings is 1. The van der Waals surface area contributed by atoms with Gasteiger partial charge < -0.3 is 15.5 Å². The maximum atomic E-state index is 12.1. The maximum absolute atomic E-state index is 12.1. The number of amides is 3. The SMILES string of the molecule is CC[C@@H](NC(=O)N[C@H]1CC(=O)N(C2CC2)C1)c1cccs1. The molecule has 1 saturated carbocycles.